The third-order valence-electron chi connectivity index (χ3n) is 5.10. The highest BCUT2D eigenvalue weighted by Crippen LogP contribution is 2.31. The molecule has 4 heteroatoms. The summed E-state index contributed by atoms with van der Waals surface area (Å²) in [5.41, 5.74) is 0.405. The molecule has 124 valence electrons. The number of rotatable bonds is 7. The third kappa shape index (κ3) is 5.51. The Bertz CT molecular complexity index is 302. The SMILES string of the molecule is CC(C)NCC1(CN(C)CC2CCN(C)C2)CCOCC1. The summed E-state index contributed by atoms with van der Waals surface area (Å²) in [6.07, 6.45) is 3.75. The van der Waals surface area contributed by atoms with Crippen LogP contribution in [0.3, 0.4) is 0 Å². The van der Waals surface area contributed by atoms with Crippen molar-refractivity contribution in [2.75, 3.05) is 60.0 Å². The van der Waals surface area contributed by atoms with Crippen LogP contribution in [-0.2, 0) is 4.74 Å². The minimum absolute atomic E-state index is 0.405. The van der Waals surface area contributed by atoms with Crippen LogP contribution >= 0.6 is 0 Å². The topological polar surface area (TPSA) is 27.7 Å². The molecule has 0 aromatic heterocycles. The van der Waals surface area contributed by atoms with Gasteiger partial charge < -0.3 is 19.9 Å². The van der Waals surface area contributed by atoms with E-state index in [0.29, 0.717) is 11.5 Å². The van der Waals surface area contributed by atoms with Gasteiger partial charge in [0.05, 0.1) is 0 Å². The van der Waals surface area contributed by atoms with Crippen molar-refractivity contribution < 1.29 is 4.74 Å². The van der Waals surface area contributed by atoms with Gasteiger partial charge in [-0.3, -0.25) is 0 Å². The van der Waals surface area contributed by atoms with Crippen LogP contribution in [0.5, 0.6) is 0 Å². The molecule has 1 N–H and O–H groups in total. The molecule has 21 heavy (non-hydrogen) atoms. The van der Waals surface area contributed by atoms with Gasteiger partial charge in [0.2, 0.25) is 0 Å². The molecule has 2 heterocycles. The van der Waals surface area contributed by atoms with Crippen molar-refractivity contribution in [2.24, 2.45) is 11.3 Å². The van der Waals surface area contributed by atoms with Crippen molar-refractivity contribution >= 4 is 0 Å². The Labute approximate surface area is 131 Å². The number of nitrogens with one attached hydrogen (secondary N) is 1. The Hall–Kier alpha value is -0.160. The Morgan fingerprint density at radius 1 is 1.33 bits per heavy atom. The zero-order chi connectivity index (χ0) is 15.3. The molecule has 2 aliphatic heterocycles. The van der Waals surface area contributed by atoms with Crippen LogP contribution in [-0.4, -0.2) is 75.9 Å². The van der Waals surface area contributed by atoms with E-state index in [1.807, 2.05) is 0 Å². The van der Waals surface area contributed by atoms with E-state index in [0.717, 1.165) is 25.7 Å². The largest absolute Gasteiger partial charge is 0.381 e. The Morgan fingerprint density at radius 3 is 2.62 bits per heavy atom. The van der Waals surface area contributed by atoms with Gasteiger partial charge in [-0.1, -0.05) is 13.8 Å². The van der Waals surface area contributed by atoms with Gasteiger partial charge in [0.15, 0.2) is 0 Å². The highest BCUT2D eigenvalue weighted by Gasteiger charge is 2.34. The van der Waals surface area contributed by atoms with Gasteiger partial charge in [-0.2, -0.15) is 0 Å². The van der Waals surface area contributed by atoms with Gasteiger partial charge in [-0.05, 0) is 51.2 Å². The molecule has 0 spiro atoms. The molecular formula is C17H35N3O. The van der Waals surface area contributed by atoms with Gasteiger partial charge in [-0.25, -0.2) is 0 Å². The van der Waals surface area contributed by atoms with Crippen molar-refractivity contribution in [1.29, 1.82) is 0 Å². The van der Waals surface area contributed by atoms with Crippen molar-refractivity contribution in [1.82, 2.24) is 15.1 Å². The summed E-state index contributed by atoms with van der Waals surface area (Å²) in [5, 5.41) is 3.67. The zero-order valence-corrected chi connectivity index (χ0v) is 14.5. The summed E-state index contributed by atoms with van der Waals surface area (Å²) in [6, 6.07) is 0.568. The first-order valence-corrected chi connectivity index (χ1v) is 8.67. The zero-order valence-electron chi connectivity index (χ0n) is 14.5. The fraction of sp³-hybridized carbons (Fsp3) is 1.00. The molecule has 0 saturated carbocycles. The van der Waals surface area contributed by atoms with E-state index < -0.39 is 0 Å². The van der Waals surface area contributed by atoms with Crippen LogP contribution in [0, 0.1) is 11.3 Å². The lowest BCUT2D eigenvalue weighted by molar-refractivity contribution is -0.00307. The quantitative estimate of drug-likeness (QED) is 0.773. The monoisotopic (exact) mass is 297 g/mol. The summed E-state index contributed by atoms with van der Waals surface area (Å²) < 4.78 is 5.61. The third-order valence-corrected chi connectivity index (χ3v) is 5.10. The molecule has 2 rings (SSSR count). The van der Waals surface area contributed by atoms with Crippen LogP contribution < -0.4 is 5.32 Å². The summed E-state index contributed by atoms with van der Waals surface area (Å²) in [4.78, 5) is 5.04. The van der Waals surface area contributed by atoms with E-state index in [1.165, 1.54) is 45.4 Å². The summed E-state index contributed by atoms with van der Waals surface area (Å²) >= 11 is 0. The number of hydrogen-bond donors (Lipinski definition) is 1. The van der Waals surface area contributed by atoms with Crippen LogP contribution in [0.25, 0.3) is 0 Å². The van der Waals surface area contributed by atoms with Gasteiger partial charge >= 0.3 is 0 Å². The van der Waals surface area contributed by atoms with Crippen LogP contribution in [0.15, 0.2) is 0 Å². The first-order chi connectivity index (χ1) is 9.99. The second-order valence-electron chi connectivity index (χ2n) is 7.76. The molecular weight excluding hydrogens is 262 g/mol. The highest BCUT2D eigenvalue weighted by atomic mass is 16.5. The average molecular weight is 297 g/mol. The van der Waals surface area contributed by atoms with Gasteiger partial charge in [-0.15, -0.1) is 0 Å². The van der Waals surface area contributed by atoms with Gasteiger partial charge in [0.25, 0.3) is 0 Å². The molecule has 1 unspecified atom stereocenters. The van der Waals surface area contributed by atoms with Crippen molar-refractivity contribution in [3.05, 3.63) is 0 Å². The molecule has 0 bridgehead atoms. The lowest BCUT2D eigenvalue weighted by Gasteiger charge is -2.41. The second kappa shape index (κ2) is 7.91. The van der Waals surface area contributed by atoms with Crippen LogP contribution in [0.2, 0.25) is 0 Å². The molecule has 1 atom stereocenters. The minimum Gasteiger partial charge on any atom is -0.381 e. The van der Waals surface area contributed by atoms with Gasteiger partial charge in [0, 0.05) is 45.4 Å². The van der Waals surface area contributed by atoms with E-state index in [2.05, 4.69) is 43.1 Å². The van der Waals surface area contributed by atoms with Crippen molar-refractivity contribution in [3.8, 4) is 0 Å². The molecule has 0 aromatic rings. The maximum absolute atomic E-state index is 5.61. The average Bonchev–Trinajstić information content (AvgIpc) is 2.83. The number of ether oxygens (including phenoxy) is 1. The Morgan fingerprint density at radius 2 is 2.05 bits per heavy atom. The lowest BCUT2D eigenvalue weighted by Crippen LogP contribution is -2.48. The van der Waals surface area contributed by atoms with Crippen LogP contribution in [0.4, 0.5) is 0 Å². The number of likely N-dealkylation sites (tertiary alicyclic amines) is 1. The summed E-state index contributed by atoms with van der Waals surface area (Å²) in [5.74, 6) is 0.856. The fourth-order valence-corrected chi connectivity index (χ4v) is 3.87. The molecule has 0 radical (unpaired) electrons. The standard InChI is InChI=1S/C17H35N3O/c1-15(2)18-13-17(6-9-21-10-7-17)14-20(4)12-16-5-8-19(3)11-16/h15-16,18H,5-14H2,1-4H3. The first-order valence-electron chi connectivity index (χ1n) is 8.67. The maximum Gasteiger partial charge on any atom is 0.0472 e. The Balaban J connectivity index is 1.84. The second-order valence-corrected chi connectivity index (χ2v) is 7.76. The minimum atomic E-state index is 0.405. The fourth-order valence-electron chi connectivity index (χ4n) is 3.87. The predicted molar refractivity (Wildman–Crippen MR) is 88.7 cm³/mol. The Kier molecular flexibility index (Phi) is 6.48. The molecule has 4 nitrogen and oxygen atoms in total. The van der Waals surface area contributed by atoms with E-state index >= 15 is 0 Å². The molecule has 2 aliphatic rings. The van der Waals surface area contributed by atoms with E-state index in [-0.39, 0.29) is 0 Å². The molecule has 0 amide bonds. The molecule has 2 saturated heterocycles. The van der Waals surface area contributed by atoms with Gasteiger partial charge in [0.1, 0.15) is 0 Å². The number of nitrogens with zero attached hydrogens (tertiary/aromatic N) is 2. The molecule has 0 aliphatic carbocycles. The van der Waals surface area contributed by atoms with E-state index in [4.69, 9.17) is 4.74 Å². The smallest absolute Gasteiger partial charge is 0.0472 e. The van der Waals surface area contributed by atoms with E-state index in [9.17, 15) is 0 Å². The summed E-state index contributed by atoms with van der Waals surface area (Å²) in [6.45, 7) is 12.5. The predicted octanol–water partition coefficient (Wildman–Crippen LogP) is 1.66. The molecule has 0 aromatic carbocycles. The maximum atomic E-state index is 5.61. The lowest BCUT2D eigenvalue weighted by atomic mass is 9.79. The van der Waals surface area contributed by atoms with E-state index in [1.54, 1.807) is 0 Å². The highest BCUT2D eigenvalue weighted by molar-refractivity contribution is 4.88. The van der Waals surface area contributed by atoms with Crippen LogP contribution in [0.1, 0.15) is 33.1 Å². The van der Waals surface area contributed by atoms with Crippen molar-refractivity contribution in [2.45, 2.75) is 39.2 Å². The van der Waals surface area contributed by atoms with Crippen molar-refractivity contribution in [3.63, 3.8) is 0 Å². The molecule has 2 fully saturated rings. The normalized spacial score (nSPS) is 26.9. The number of hydrogen-bond acceptors (Lipinski definition) is 4. The summed E-state index contributed by atoms with van der Waals surface area (Å²) in [7, 11) is 4.55. The first kappa shape index (κ1) is 17.2.